The summed E-state index contributed by atoms with van der Waals surface area (Å²) in [6.45, 7) is 9.27. The van der Waals surface area contributed by atoms with E-state index >= 15 is 0 Å². The van der Waals surface area contributed by atoms with Gasteiger partial charge in [-0.3, -0.25) is 0 Å². The number of fused-ring (bicyclic) bond motifs is 10. The van der Waals surface area contributed by atoms with Gasteiger partial charge < -0.3 is 0 Å². The Morgan fingerprint density at radius 1 is 0.383 bits per heavy atom. The van der Waals surface area contributed by atoms with E-state index < -0.39 is 0 Å². The fourth-order valence-electron chi connectivity index (χ4n) is 8.48. The van der Waals surface area contributed by atoms with Gasteiger partial charge in [-0.1, -0.05) is 147 Å². The van der Waals surface area contributed by atoms with Gasteiger partial charge in [0.15, 0.2) is 0 Å². The molecule has 1 aliphatic rings. The molecule has 0 nitrogen and oxygen atoms in total. The zero-order valence-electron chi connectivity index (χ0n) is 27.4. The first-order chi connectivity index (χ1) is 22.9. The standard InChI is InChI=1S/C47H36/c1-29-13-5-6-16-34(29)36-22-12-21-35(30(36)2)33-15-11-14-31(27-33)32-23-26-44-43(28-32)42-25-24-41-39-19-8-7-17-37(39)38-18-9-10-20-40(38)45(41)46(42)47(44,3)4/h5-28H,1-4H3. The highest BCUT2D eigenvalue weighted by molar-refractivity contribution is 6.27. The van der Waals surface area contributed by atoms with Crippen LogP contribution in [0.25, 0.3) is 76.8 Å². The quantitative estimate of drug-likeness (QED) is 0.177. The smallest absolute Gasteiger partial charge is 0.0165 e. The van der Waals surface area contributed by atoms with Crippen LogP contribution in [0, 0.1) is 13.8 Å². The number of hydrogen-bond donors (Lipinski definition) is 0. The zero-order chi connectivity index (χ0) is 31.9. The summed E-state index contributed by atoms with van der Waals surface area (Å²) in [7, 11) is 0. The maximum atomic E-state index is 2.44. The Morgan fingerprint density at radius 3 is 1.72 bits per heavy atom. The van der Waals surface area contributed by atoms with Gasteiger partial charge in [-0.05, 0) is 125 Å². The lowest BCUT2D eigenvalue weighted by Gasteiger charge is -2.24. The minimum Gasteiger partial charge on any atom is -0.0620 e. The highest BCUT2D eigenvalue weighted by Gasteiger charge is 2.37. The van der Waals surface area contributed by atoms with Gasteiger partial charge in [-0.25, -0.2) is 0 Å². The van der Waals surface area contributed by atoms with Crippen LogP contribution in [0.2, 0.25) is 0 Å². The number of benzene rings is 8. The Labute approximate surface area is 277 Å². The van der Waals surface area contributed by atoms with Gasteiger partial charge in [0.1, 0.15) is 0 Å². The van der Waals surface area contributed by atoms with Crippen molar-refractivity contribution in [3.05, 3.63) is 168 Å². The molecule has 47 heavy (non-hydrogen) atoms. The second kappa shape index (κ2) is 10.3. The van der Waals surface area contributed by atoms with Gasteiger partial charge in [0.2, 0.25) is 0 Å². The Balaban J connectivity index is 1.21. The molecule has 0 saturated heterocycles. The Bertz CT molecular complexity index is 2530. The molecule has 8 aromatic carbocycles. The fourth-order valence-corrected chi connectivity index (χ4v) is 8.48. The van der Waals surface area contributed by atoms with Gasteiger partial charge in [0.05, 0.1) is 0 Å². The lowest BCUT2D eigenvalue weighted by Crippen LogP contribution is -2.15. The average Bonchev–Trinajstić information content (AvgIpc) is 3.34. The van der Waals surface area contributed by atoms with Crippen molar-refractivity contribution in [2.45, 2.75) is 33.1 Å². The topological polar surface area (TPSA) is 0 Å². The largest absolute Gasteiger partial charge is 0.0620 e. The van der Waals surface area contributed by atoms with E-state index in [4.69, 9.17) is 0 Å². The summed E-state index contributed by atoms with van der Waals surface area (Å²) < 4.78 is 0. The Hall–Kier alpha value is -5.46. The molecule has 0 saturated carbocycles. The normalized spacial score (nSPS) is 13.3. The maximum Gasteiger partial charge on any atom is 0.0165 e. The monoisotopic (exact) mass is 600 g/mol. The van der Waals surface area contributed by atoms with Crippen LogP contribution in [-0.2, 0) is 5.41 Å². The number of hydrogen-bond acceptors (Lipinski definition) is 0. The highest BCUT2D eigenvalue weighted by atomic mass is 14.4. The molecule has 0 N–H and O–H groups in total. The summed E-state index contributed by atoms with van der Waals surface area (Å²) in [4.78, 5) is 0. The van der Waals surface area contributed by atoms with E-state index in [1.54, 1.807) is 0 Å². The summed E-state index contributed by atoms with van der Waals surface area (Å²) in [5.41, 5.74) is 15.7. The van der Waals surface area contributed by atoms with Crippen molar-refractivity contribution in [3.63, 3.8) is 0 Å². The van der Waals surface area contributed by atoms with E-state index in [9.17, 15) is 0 Å². The minimum atomic E-state index is -0.122. The molecular weight excluding hydrogens is 565 g/mol. The van der Waals surface area contributed by atoms with E-state index in [1.807, 2.05) is 0 Å². The van der Waals surface area contributed by atoms with Gasteiger partial charge in [0.25, 0.3) is 0 Å². The third-order valence-corrected chi connectivity index (χ3v) is 10.8. The van der Waals surface area contributed by atoms with Crippen molar-refractivity contribution >= 4 is 32.3 Å². The van der Waals surface area contributed by atoms with Crippen molar-refractivity contribution in [1.29, 1.82) is 0 Å². The third kappa shape index (κ3) is 4.08. The molecule has 224 valence electrons. The molecule has 8 aromatic rings. The van der Waals surface area contributed by atoms with Gasteiger partial charge >= 0.3 is 0 Å². The third-order valence-electron chi connectivity index (χ3n) is 10.8. The predicted molar refractivity (Wildman–Crippen MR) is 202 cm³/mol. The molecule has 0 bridgehead atoms. The second-order valence-corrected chi connectivity index (χ2v) is 13.8. The van der Waals surface area contributed by atoms with E-state index in [1.165, 1.54) is 99.1 Å². The first-order valence-corrected chi connectivity index (χ1v) is 16.7. The fraction of sp³-hybridized carbons (Fsp3) is 0.106. The van der Waals surface area contributed by atoms with E-state index in [-0.39, 0.29) is 5.41 Å². The van der Waals surface area contributed by atoms with Crippen molar-refractivity contribution in [2.24, 2.45) is 0 Å². The summed E-state index contributed by atoms with van der Waals surface area (Å²) in [5.74, 6) is 0. The van der Waals surface area contributed by atoms with Crippen LogP contribution >= 0.6 is 0 Å². The Morgan fingerprint density at radius 2 is 0.957 bits per heavy atom. The van der Waals surface area contributed by atoms with Crippen molar-refractivity contribution < 1.29 is 0 Å². The molecule has 1 aliphatic carbocycles. The average molecular weight is 601 g/mol. The molecular formula is C47H36. The SMILES string of the molecule is Cc1ccccc1-c1cccc(-c2cccc(-c3ccc4c(c3)-c3ccc5c6ccccc6c6ccccc6c5c3C4(C)C)c2)c1C. The van der Waals surface area contributed by atoms with Crippen molar-refractivity contribution in [1.82, 2.24) is 0 Å². The van der Waals surface area contributed by atoms with Gasteiger partial charge in [0, 0.05) is 5.41 Å². The Kier molecular flexibility index (Phi) is 6.08. The van der Waals surface area contributed by atoms with Crippen LogP contribution in [0.1, 0.15) is 36.1 Å². The first-order valence-electron chi connectivity index (χ1n) is 16.7. The van der Waals surface area contributed by atoms with E-state index in [0.29, 0.717) is 0 Å². The first kappa shape index (κ1) is 27.8. The van der Waals surface area contributed by atoms with Gasteiger partial charge in [-0.15, -0.1) is 0 Å². The van der Waals surface area contributed by atoms with Crippen LogP contribution in [-0.4, -0.2) is 0 Å². The molecule has 0 heteroatoms. The number of aryl methyl sites for hydroxylation is 1. The molecule has 0 spiro atoms. The lowest BCUT2D eigenvalue weighted by atomic mass is 9.78. The van der Waals surface area contributed by atoms with E-state index in [0.717, 1.165) is 0 Å². The van der Waals surface area contributed by atoms with Crippen LogP contribution in [0.5, 0.6) is 0 Å². The zero-order valence-corrected chi connectivity index (χ0v) is 27.4. The molecule has 0 atom stereocenters. The van der Waals surface area contributed by atoms with Crippen LogP contribution in [0.3, 0.4) is 0 Å². The molecule has 0 heterocycles. The summed E-state index contributed by atoms with van der Waals surface area (Å²) >= 11 is 0. The molecule has 0 aromatic heterocycles. The molecule has 0 radical (unpaired) electrons. The van der Waals surface area contributed by atoms with Crippen molar-refractivity contribution in [2.75, 3.05) is 0 Å². The lowest BCUT2D eigenvalue weighted by molar-refractivity contribution is 0.667. The van der Waals surface area contributed by atoms with Gasteiger partial charge in [-0.2, -0.15) is 0 Å². The van der Waals surface area contributed by atoms with Crippen LogP contribution in [0.4, 0.5) is 0 Å². The molecule has 9 rings (SSSR count). The van der Waals surface area contributed by atoms with E-state index in [2.05, 4.69) is 173 Å². The molecule has 0 fully saturated rings. The molecule has 0 amide bonds. The summed E-state index contributed by atoms with van der Waals surface area (Å²) in [6.07, 6.45) is 0. The highest BCUT2D eigenvalue weighted by Crippen LogP contribution is 2.54. The molecule has 0 unspecified atom stereocenters. The maximum absolute atomic E-state index is 2.44. The van der Waals surface area contributed by atoms with Crippen LogP contribution < -0.4 is 0 Å². The minimum absolute atomic E-state index is 0.122. The van der Waals surface area contributed by atoms with Crippen LogP contribution in [0.15, 0.2) is 146 Å². The molecule has 0 aliphatic heterocycles. The summed E-state index contributed by atoms with van der Waals surface area (Å²) in [6, 6.07) is 54.2. The number of rotatable bonds is 3. The second-order valence-electron chi connectivity index (χ2n) is 13.8. The predicted octanol–water partition coefficient (Wildman–Crippen LogP) is 13.1. The summed E-state index contributed by atoms with van der Waals surface area (Å²) in [5, 5.41) is 8.06. The van der Waals surface area contributed by atoms with Crippen molar-refractivity contribution in [3.8, 4) is 44.5 Å².